The first-order valence-electron chi connectivity index (χ1n) is 8.23. The molecule has 0 spiro atoms. The Bertz CT molecular complexity index is 1130. The highest BCUT2D eigenvalue weighted by atomic mass is 32.2. The first-order valence-corrected chi connectivity index (χ1v) is 9.71. The minimum Gasteiger partial charge on any atom is -0.467 e. The molecule has 4 aromatic rings. The van der Waals surface area contributed by atoms with Gasteiger partial charge in [0.2, 0.25) is 10.0 Å². The van der Waals surface area contributed by atoms with Gasteiger partial charge in [-0.3, -0.25) is 0 Å². The number of nitrogens with one attached hydrogen (secondary N) is 2. The van der Waals surface area contributed by atoms with E-state index in [1.807, 2.05) is 37.4 Å². The number of aromatic amines is 1. The van der Waals surface area contributed by atoms with E-state index in [1.165, 1.54) is 6.26 Å². The Kier molecular flexibility index (Phi) is 4.14. The zero-order chi connectivity index (χ0) is 18.1. The fourth-order valence-corrected chi connectivity index (χ4v) is 4.19. The SMILES string of the molecule is Cc1ccc(S(=O)(=O)N[C@H](c2ccco2)c2c[nH]c3ccccc23)cc1. The lowest BCUT2D eigenvalue weighted by molar-refractivity contribution is 0.472. The molecule has 6 heteroatoms. The van der Waals surface area contributed by atoms with Crippen LogP contribution in [0.3, 0.4) is 0 Å². The van der Waals surface area contributed by atoms with E-state index in [2.05, 4.69) is 9.71 Å². The third kappa shape index (κ3) is 3.05. The lowest BCUT2D eigenvalue weighted by Gasteiger charge is -2.17. The highest BCUT2D eigenvalue weighted by Gasteiger charge is 2.26. The normalized spacial score (nSPS) is 13.1. The van der Waals surface area contributed by atoms with Crippen LogP contribution in [0, 0.1) is 6.92 Å². The number of fused-ring (bicyclic) bond motifs is 1. The van der Waals surface area contributed by atoms with E-state index in [-0.39, 0.29) is 4.90 Å². The monoisotopic (exact) mass is 366 g/mol. The largest absolute Gasteiger partial charge is 0.467 e. The third-order valence-electron chi connectivity index (χ3n) is 4.36. The van der Waals surface area contributed by atoms with Crippen LogP contribution < -0.4 is 4.72 Å². The highest BCUT2D eigenvalue weighted by molar-refractivity contribution is 7.89. The molecule has 2 aromatic carbocycles. The van der Waals surface area contributed by atoms with Gasteiger partial charge in [0.1, 0.15) is 11.8 Å². The summed E-state index contributed by atoms with van der Waals surface area (Å²) in [7, 11) is -3.72. The van der Waals surface area contributed by atoms with Crippen molar-refractivity contribution in [3.8, 4) is 0 Å². The Morgan fingerprint density at radius 3 is 2.50 bits per heavy atom. The summed E-state index contributed by atoms with van der Waals surface area (Å²) in [6, 6.07) is 17.4. The molecule has 2 N–H and O–H groups in total. The number of furan rings is 1. The van der Waals surface area contributed by atoms with Crippen LogP contribution in [0.4, 0.5) is 0 Å². The van der Waals surface area contributed by atoms with Gasteiger partial charge in [0.05, 0.1) is 11.2 Å². The fourth-order valence-electron chi connectivity index (χ4n) is 3.00. The van der Waals surface area contributed by atoms with Crippen molar-refractivity contribution in [2.45, 2.75) is 17.9 Å². The standard InChI is InChI=1S/C20H18N2O3S/c1-14-8-10-15(11-9-14)26(23,24)22-20(19-7-4-12-25-19)17-13-21-18-6-3-2-5-16(17)18/h2-13,20-22H,1H3/t20-/m0/s1. The maximum absolute atomic E-state index is 12.9. The molecule has 2 heterocycles. The quantitative estimate of drug-likeness (QED) is 0.557. The number of aryl methyl sites for hydroxylation is 1. The lowest BCUT2D eigenvalue weighted by atomic mass is 10.0. The van der Waals surface area contributed by atoms with Gasteiger partial charge in [-0.15, -0.1) is 0 Å². The number of H-pyrrole nitrogens is 1. The summed E-state index contributed by atoms with van der Waals surface area (Å²) in [5, 5.41) is 0.945. The van der Waals surface area contributed by atoms with Crippen LogP contribution in [0.5, 0.6) is 0 Å². The second-order valence-corrected chi connectivity index (χ2v) is 7.89. The van der Waals surface area contributed by atoms with Crippen LogP contribution in [0.1, 0.15) is 22.9 Å². The minimum atomic E-state index is -3.72. The molecule has 0 bridgehead atoms. The number of hydrogen-bond acceptors (Lipinski definition) is 3. The molecule has 132 valence electrons. The third-order valence-corrected chi connectivity index (χ3v) is 5.80. The summed E-state index contributed by atoms with van der Waals surface area (Å²) >= 11 is 0. The van der Waals surface area contributed by atoms with Gasteiger partial charge in [-0.2, -0.15) is 4.72 Å². The van der Waals surface area contributed by atoms with Gasteiger partial charge < -0.3 is 9.40 Å². The Balaban J connectivity index is 1.79. The molecule has 0 saturated heterocycles. The molecule has 1 atom stereocenters. The first-order chi connectivity index (χ1) is 12.5. The van der Waals surface area contributed by atoms with E-state index >= 15 is 0 Å². The number of hydrogen-bond donors (Lipinski definition) is 2. The maximum atomic E-state index is 12.9. The molecule has 0 saturated carbocycles. The first kappa shape index (κ1) is 16.6. The number of sulfonamides is 1. The second kappa shape index (κ2) is 6.48. The van der Waals surface area contributed by atoms with Crippen molar-refractivity contribution >= 4 is 20.9 Å². The van der Waals surface area contributed by atoms with Crippen LogP contribution in [0.25, 0.3) is 10.9 Å². The van der Waals surface area contributed by atoms with Crippen LogP contribution in [0.2, 0.25) is 0 Å². The predicted octanol–water partition coefficient (Wildman–Crippen LogP) is 4.14. The molecule has 4 rings (SSSR count). The van der Waals surface area contributed by atoms with E-state index in [4.69, 9.17) is 4.42 Å². The van der Waals surface area contributed by atoms with E-state index in [0.717, 1.165) is 22.0 Å². The molecule has 26 heavy (non-hydrogen) atoms. The van der Waals surface area contributed by atoms with Gasteiger partial charge in [0.25, 0.3) is 0 Å². The molecular formula is C20H18N2O3S. The van der Waals surface area contributed by atoms with Gasteiger partial charge in [-0.25, -0.2) is 8.42 Å². The molecule has 0 aliphatic carbocycles. The topological polar surface area (TPSA) is 75.1 Å². The summed E-state index contributed by atoms with van der Waals surface area (Å²) in [5.74, 6) is 0.533. The van der Waals surface area contributed by atoms with Crippen molar-refractivity contribution in [2.24, 2.45) is 0 Å². The van der Waals surface area contributed by atoms with Gasteiger partial charge >= 0.3 is 0 Å². The Labute approximate surface area is 151 Å². The van der Waals surface area contributed by atoms with E-state index < -0.39 is 16.1 Å². The van der Waals surface area contributed by atoms with Crippen molar-refractivity contribution in [1.29, 1.82) is 0 Å². The second-order valence-electron chi connectivity index (χ2n) is 6.17. The van der Waals surface area contributed by atoms with Crippen LogP contribution in [-0.2, 0) is 10.0 Å². The average Bonchev–Trinajstić information content (AvgIpc) is 3.30. The molecule has 0 amide bonds. The van der Waals surface area contributed by atoms with Crippen LogP contribution in [-0.4, -0.2) is 13.4 Å². The molecule has 2 aromatic heterocycles. The van der Waals surface area contributed by atoms with Crippen molar-refractivity contribution in [3.63, 3.8) is 0 Å². The number of benzene rings is 2. The number of aromatic nitrogens is 1. The molecule has 0 aliphatic heterocycles. The van der Waals surface area contributed by atoms with Crippen LogP contribution in [0.15, 0.2) is 82.4 Å². The zero-order valence-electron chi connectivity index (χ0n) is 14.1. The molecular weight excluding hydrogens is 348 g/mol. The number of rotatable bonds is 5. The van der Waals surface area contributed by atoms with Gasteiger partial charge in [-0.05, 0) is 37.3 Å². The Hall–Kier alpha value is -2.83. The minimum absolute atomic E-state index is 0.222. The fraction of sp³-hybridized carbons (Fsp3) is 0.100. The summed E-state index contributed by atoms with van der Waals surface area (Å²) in [6.45, 7) is 1.92. The van der Waals surface area contributed by atoms with Crippen molar-refractivity contribution in [3.05, 3.63) is 90.0 Å². The Morgan fingerprint density at radius 1 is 1.00 bits per heavy atom. The zero-order valence-corrected chi connectivity index (χ0v) is 15.0. The average molecular weight is 366 g/mol. The lowest BCUT2D eigenvalue weighted by Crippen LogP contribution is -2.29. The molecule has 0 aliphatic rings. The van der Waals surface area contributed by atoms with Gasteiger partial charge in [0, 0.05) is 22.7 Å². The Morgan fingerprint density at radius 2 is 1.77 bits per heavy atom. The maximum Gasteiger partial charge on any atom is 0.241 e. The van der Waals surface area contributed by atoms with E-state index in [0.29, 0.717) is 5.76 Å². The van der Waals surface area contributed by atoms with Crippen molar-refractivity contribution in [2.75, 3.05) is 0 Å². The highest BCUT2D eigenvalue weighted by Crippen LogP contribution is 2.30. The molecule has 5 nitrogen and oxygen atoms in total. The van der Waals surface area contributed by atoms with E-state index in [9.17, 15) is 8.42 Å². The molecule has 0 fully saturated rings. The molecule has 0 unspecified atom stereocenters. The van der Waals surface area contributed by atoms with Crippen molar-refractivity contribution in [1.82, 2.24) is 9.71 Å². The predicted molar refractivity (Wildman–Crippen MR) is 100 cm³/mol. The van der Waals surface area contributed by atoms with Gasteiger partial charge in [0.15, 0.2) is 0 Å². The van der Waals surface area contributed by atoms with Crippen molar-refractivity contribution < 1.29 is 12.8 Å². The van der Waals surface area contributed by atoms with Crippen LogP contribution >= 0.6 is 0 Å². The molecule has 0 radical (unpaired) electrons. The number of para-hydroxylation sites is 1. The smallest absolute Gasteiger partial charge is 0.241 e. The summed E-state index contributed by atoms with van der Waals surface area (Å²) < 4.78 is 34.1. The van der Waals surface area contributed by atoms with E-state index in [1.54, 1.807) is 36.4 Å². The summed E-state index contributed by atoms with van der Waals surface area (Å²) in [6.07, 6.45) is 3.35. The summed E-state index contributed by atoms with van der Waals surface area (Å²) in [5.41, 5.74) is 2.75. The van der Waals surface area contributed by atoms with Gasteiger partial charge in [-0.1, -0.05) is 35.9 Å². The summed E-state index contributed by atoms with van der Waals surface area (Å²) in [4.78, 5) is 3.41.